The maximum Gasteiger partial charge on any atom is 0.165 e. The molecule has 0 spiro atoms. The largest absolute Gasteiger partial charge is 0.505 e. The van der Waals surface area contributed by atoms with E-state index < -0.39 is 5.82 Å². The van der Waals surface area contributed by atoms with Crippen molar-refractivity contribution in [3.63, 3.8) is 0 Å². The van der Waals surface area contributed by atoms with E-state index in [0.29, 0.717) is 17.5 Å². The minimum atomic E-state index is -0.739. The van der Waals surface area contributed by atoms with Crippen LogP contribution >= 0.6 is 0 Å². The summed E-state index contributed by atoms with van der Waals surface area (Å²) in [5, 5.41) is 9.10. The van der Waals surface area contributed by atoms with E-state index in [1.54, 1.807) is 13.8 Å². The van der Waals surface area contributed by atoms with E-state index in [-0.39, 0.29) is 11.5 Å². The lowest BCUT2D eigenvalue weighted by molar-refractivity contribution is 0.0987. The number of Topliss-reactive ketones (excluding diaryl/α,β-unsaturated/α-hetero) is 1. The number of aromatic hydroxyl groups is 1. The Kier molecular flexibility index (Phi) is 2.66. The fourth-order valence-electron chi connectivity index (χ4n) is 1.10. The number of hydrogen-bond acceptors (Lipinski definition) is 2. The molecule has 0 aliphatic carbocycles. The Bertz CT molecular complexity index is 322. The number of ketones is 1. The lowest BCUT2D eigenvalue weighted by Crippen LogP contribution is -1.98. The van der Waals surface area contributed by atoms with Crippen LogP contribution in [-0.2, 0) is 0 Å². The van der Waals surface area contributed by atoms with E-state index in [1.165, 1.54) is 6.07 Å². The minimum Gasteiger partial charge on any atom is -0.505 e. The van der Waals surface area contributed by atoms with Gasteiger partial charge in [-0.25, -0.2) is 4.39 Å². The monoisotopic (exact) mass is 182 g/mol. The average molecular weight is 182 g/mol. The van der Waals surface area contributed by atoms with Crippen LogP contribution in [0.1, 0.15) is 29.3 Å². The van der Waals surface area contributed by atoms with Gasteiger partial charge in [-0.3, -0.25) is 4.79 Å². The second-order valence-electron chi connectivity index (χ2n) is 2.90. The summed E-state index contributed by atoms with van der Waals surface area (Å²) in [4.78, 5) is 11.2. The van der Waals surface area contributed by atoms with Gasteiger partial charge in [0.15, 0.2) is 17.3 Å². The molecular weight excluding hydrogens is 171 g/mol. The molecule has 0 saturated carbocycles. The zero-order chi connectivity index (χ0) is 10.0. The number of aryl methyl sites for hydroxylation is 1. The fraction of sp³-hybridized carbons (Fsp3) is 0.300. The number of hydrogen-bond donors (Lipinski definition) is 1. The molecule has 0 aliphatic rings. The molecule has 0 saturated heterocycles. The van der Waals surface area contributed by atoms with Gasteiger partial charge in [-0.15, -0.1) is 0 Å². The van der Waals surface area contributed by atoms with Crippen LogP contribution in [-0.4, -0.2) is 10.9 Å². The van der Waals surface area contributed by atoms with E-state index in [4.69, 9.17) is 5.11 Å². The normalized spacial score (nSPS) is 10.1. The SMILES string of the molecule is CCC(=O)c1cc(C)c(O)c(F)c1. The van der Waals surface area contributed by atoms with E-state index in [9.17, 15) is 9.18 Å². The van der Waals surface area contributed by atoms with Crippen molar-refractivity contribution in [1.29, 1.82) is 0 Å². The lowest BCUT2D eigenvalue weighted by atomic mass is 10.1. The van der Waals surface area contributed by atoms with Crippen LogP contribution in [0.2, 0.25) is 0 Å². The van der Waals surface area contributed by atoms with Crippen molar-refractivity contribution >= 4 is 5.78 Å². The van der Waals surface area contributed by atoms with Gasteiger partial charge in [0.1, 0.15) is 0 Å². The number of carbonyl (C=O) groups is 1. The Morgan fingerprint density at radius 2 is 2.15 bits per heavy atom. The van der Waals surface area contributed by atoms with Crippen LogP contribution in [0.3, 0.4) is 0 Å². The van der Waals surface area contributed by atoms with Crippen molar-refractivity contribution in [2.24, 2.45) is 0 Å². The summed E-state index contributed by atoms with van der Waals surface area (Å²) in [5.74, 6) is -1.24. The number of carbonyl (C=O) groups excluding carboxylic acids is 1. The highest BCUT2D eigenvalue weighted by molar-refractivity contribution is 5.96. The van der Waals surface area contributed by atoms with Crippen LogP contribution in [0.25, 0.3) is 0 Å². The molecular formula is C10H11FO2. The van der Waals surface area contributed by atoms with Crippen LogP contribution < -0.4 is 0 Å². The predicted molar refractivity (Wildman–Crippen MR) is 47.4 cm³/mol. The summed E-state index contributed by atoms with van der Waals surface area (Å²) in [6.07, 6.45) is 0.337. The molecule has 0 heterocycles. The van der Waals surface area contributed by atoms with Gasteiger partial charge in [0.2, 0.25) is 0 Å². The molecule has 70 valence electrons. The smallest absolute Gasteiger partial charge is 0.165 e. The summed E-state index contributed by atoms with van der Waals surface area (Å²) < 4.78 is 12.9. The summed E-state index contributed by atoms with van der Waals surface area (Å²) in [6.45, 7) is 3.27. The van der Waals surface area contributed by atoms with Gasteiger partial charge in [-0.05, 0) is 24.6 Å². The molecule has 2 nitrogen and oxygen atoms in total. The van der Waals surface area contributed by atoms with E-state index in [2.05, 4.69) is 0 Å². The summed E-state index contributed by atoms with van der Waals surface area (Å²) in [5.41, 5.74) is 0.701. The lowest BCUT2D eigenvalue weighted by Gasteiger charge is -2.03. The van der Waals surface area contributed by atoms with Gasteiger partial charge >= 0.3 is 0 Å². The van der Waals surface area contributed by atoms with E-state index >= 15 is 0 Å². The Morgan fingerprint density at radius 3 is 2.62 bits per heavy atom. The molecule has 0 radical (unpaired) electrons. The number of halogens is 1. The standard InChI is InChI=1S/C10H11FO2/c1-3-9(12)7-4-6(2)10(13)8(11)5-7/h4-5,13H,3H2,1-2H3. The number of benzene rings is 1. The molecule has 3 heteroatoms. The van der Waals surface area contributed by atoms with Crippen LogP contribution in [0, 0.1) is 12.7 Å². The molecule has 13 heavy (non-hydrogen) atoms. The maximum absolute atomic E-state index is 12.9. The van der Waals surface area contributed by atoms with Crippen molar-refractivity contribution in [3.8, 4) is 5.75 Å². The van der Waals surface area contributed by atoms with E-state index in [0.717, 1.165) is 6.07 Å². The van der Waals surface area contributed by atoms with Gasteiger partial charge in [0.05, 0.1) is 0 Å². The first-order valence-electron chi connectivity index (χ1n) is 4.08. The molecule has 1 aromatic carbocycles. The van der Waals surface area contributed by atoms with Gasteiger partial charge in [0.25, 0.3) is 0 Å². The molecule has 1 rings (SSSR count). The van der Waals surface area contributed by atoms with Gasteiger partial charge in [-0.1, -0.05) is 6.92 Å². The Balaban J connectivity index is 3.20. The van der Waals surface area contributed by atoms with Gasteiger partial charge < -0.3 is 5.11 Å². The molecule has 1 N–H and O–H groups in total. The number of rotatable bonds is 2. The first-order chi connectivity index (χ1) is 6.06. The fourth-order valence-corrected chi connectivity index (χ4v) is 1.10. The quantitative estimate of drug-likeness (QED) is 0.713. The second kappa shape index (κ2) is 3.56. The third-order valence-corrected chi connectivity index (χ3v) is 1.90. The highest BCUT2D eigenvalue weighted by Gasteiger charge is 2.10. The van der Waals surface area contributed by atoms with E-state index in [1.807, 2.05) is 0 Å². The van der Waals surface area contributed by atoms with Gasteiger partial charge in [0, 0.05) is 12.0 Å². The zero-order valence-electron chi connectivity index (χ0n) is 7.60. The molecule has 0 aliphatic heterocycles. The first-order valence-corrected chi connectivity index (χ1v) is 4.08. The summed E-state index contributed by atoms with van der Waals surface area (Å²) >= 11 is 0. The summed E-state index contributed by atoms with van der Waals surface area (Å²) in [6, 6.07) is 2.55. The minimum absolute atomic E-state index is 0.123. The Morgan fingerprint density at radius 1 is 1.54 bits per heavy atom. The third-order valence-electron chi connectivity index (χ3n) is 1.90. The van der Waals surface area contributed by atoms with Crippen LogP contribution in [0.15, 0.2) is 12.1 Å². The molecule has 0 aromatic heterocycles. The Labute approximate surface area is 76.0 Å². The second-order valence-corrected chi connectivity index (χ2v) is 2.90. The number of phenolic OH excluding ortho intramolecular Hbond substituents is 1. The first kappa shape index (κ1) is 9.71. The Hall–Kier alpha value is -1.38. The topological polar surface area (TPSA) is 37.3 Å². The van der Waals surface area contributed by atoms with Crippen molar-refractivity contribution in [1.82, 2.24) is 0 Å². The highest BCUT2D eigenvalue weighted by Crippen LogP contribution is 2.22. The van der Waals surface area contributed by atoms with Gasteiger partial charge in [-0.2, -0.15) is 0 Å². The van der Waals surface area contributed by atoms with Crippen molar-refractivity contribution in [2.45, 2.75) is 20.3 Å². The summed E-state index contributed by atoms with van der Waals surface area (Å²) in [7, 11) is 0. The molecule has 0 atom stereocenters. The zero-order valence-corrected chi connectivity index (χ0v) is 7.60. The molecule has 0 unspecified atom stereocenters. The molecule has 0 bridgehead atoms. The number of phenols is 1. The van der Waals surface area contributed by atoms with Crippen molar-refractivity contribution in [2.75, 3.05) is 0 Å². The van der Waals surface area contributed by atoms with Crippen molar-refractivity contribution < 1.29 is 14.3 Å². The van der Waals surface area contributed by atoms with Crippen LogP contribution in [0.4, 0.5) is 4.39 Å². The van der Waals surface area contributed by atoms with Crippen LogP contribution in [0.5, 0.6) is 5.75 Å². The van der Waals surface area contributed by atoms with Crippen molar-refractivity contribution in [3.05, 3.63) is 29.1 Å². The molecule has 0 fully saturated rings. The average Bonchev–Trinajstić information content (AvgIpc) is 2.12. The highest BCUT2D eigenvalue weighted by atomic mass is 19.1. The molecule has 0 amide bonds. The predicted octanol–water partition coefficient (Wildman–Crippen LogP) is 2.43. The molecule has 1 aromatic rings. The third kappa shape index (κ3) is 1.86. The maximum atomic E-state index is 12.9.